The van der Waals surface area contributed by atoms with Crippen molar-refractivity contribution in [3.05, 3.63) is 60.0 Å². The standard InChI is InChI=1S/C18H17FN4O3/c1-25-14-7-2-11(9-21-18(20)24)8-15(14)26-16-10-22-23-17(16)12-3-5-13(19)6-4-12/h2-8,10H,9H2,1H3,(H,22,23)(H3,20,21,24). The van der Waals surface area contributed by atoms with Crippen molar-refractivity contribution >= 4 is 6.03 Å². The Labute approximate surface area is 148 Å². The highest BCUT2D eigenvalue weighted by atomic mass is 19.1. The lowest BCUT2D eigenvalue weighted by Crippen LogP contribution is -2.28. The molecule has 26 heavy (non-hydrogen) atoms. The molecule has 0 saturated heterocycles. The number of aromatic nitrogens is 2. The van der Waals surface area contributed by atoms with Gasteiger partial charge in [-0.3, -0.25) is 5.10 Å². The molecule has 0 spiro atoms. The lowest BCUT2D eigenvalue weighted by Gasteiger charge is -2.12. The van der Waals surface area contributed by atoms with Crippen LogP contribution in [-0.2, 0) is 6.54 Å². The minimum Gasteiger partial charge on any atom is -0.493 e. The van der Waals surface area contributed by atoms with Gasteiger partial charge in [-0.2, -0.15) is 5.10 Å². The van der Waals surface area contributed by atoms with Gasteiger partial charge in [0.2, 0.25) is 0 Å². The van der Waals surface area contributed by atoms with Gasteiger partial charge in [0.1, 0.15) is 11.5 Å². The molecule has 0 bridgehead atoms. The number of carbonyl (C=O) groups is 1. The number of ether oxygens (including phenoxy) is 2. The van der Waals surface area contributed by atoms with Crippen molar-refractivity contribution in [2.24, 2.45) is 5.73 Å². The van der Waals surface area contributed by atoms with Gasteiger partial charge < -0.3 is 20.5 Å². The summed E-state index contributed by atoms with van der Waals surface area (Å²) in [6.45, 7) is 0.256. The van der Waals surface area contributed by atoms with Crippen LogP contribution in [0, 0.1) is 5.82 Å². The summed E-state index contributed by atoms with van der Waals surface area (Å²) in [6.07, 6.45) is 1.52. The zero-order chi connectivity index (χ0) is 18.5. The molecule has 0 saturated carbocycles. The maximum atomic E-state index is 13.1. The number of nitrogens with two attached hydrogens (primary N) is 1. The molecule has 2 amide bonds. The van der Waals surface area contributed by atoms with Crippen molar-refractivity contribution < 1.29 is 18.7 Å². The van der Waals surface area contributed by atoms with Gasteiger partial charge in [-0.15, -0.1) is 0 Å². The van der Waals surface area contributed by atoms with Crippen LogP contribution < -0.4 is 20.5 Å². The molecule has 0 radical (unpaired) electrons. The third-order valence-electron chi connectivity index (χ3n) is 3.65. The van der Waals surface area contributed by atoms with E-state index in [2.05, 4.69) is 15.5 Å². The Morgan fingerprint density at radius 2 is 1.96 bits per heavy atom. The number of halogens is 1. The quantitative estimate of drug-likeness (QED) is 0.631. The van der Waals surface area contributed by atoms with Crippen molar-refractivity contribution in [3.8, 4) is 28.5 Å². The molecular weight excluding hydrogens is 339 g/mol. The average molecular weight is 356 g/mol. The second-order valence-corrected chi connectivity index (χ2v) is 5.42. The number of hydrogen-bond acceptors (Lipinski definition) is 4. The van der Waals surface area contributed by atoms with E-state index < -0.39 is 6.03 Å². The van der Waals surface area contributed by atoms with Crippen LogP contribution in [0.1, 0.15) is 5.56 Å². The number of rotatable bonds is 6. The molecule has 2 aromatic carbocycles. The second kappa shape index (κ2) is 7.56. The topological polar surface area (TPSA) is 102 Å². The number of methoxy groups -OCH3 is 1. The normalized spacial score (nSPS) is 10.4. The Hall–Kier alpha value is -3.55. The van der Waals surface area contributed by atoms with Gasteiger partial charge in [0.05, 0.1) is 13.3 Å². The number of carbonyl (C=O) groups excluding carboxylic acids is 1. The van der Waals surface area contributed by atoms with Crippen LogP contribution in [0.3, 0.4) is 0 Å². The van der Waals surface area contributed by atoms with E-state index >= 15 is 0 Å². The number of nitrogens with zero attached hydrogens (tertiary/aromatic N) is 1. The fraction of sp³-hybridized carbons (Fsp3) is 0.111. The van der Waals surface area contributed by atoms with Crippen molar-refractivity contribution in [1.82, 2.24) is 15.5 Å². The molecule has 1 aromatic heterocycles. The van der Waals surface area contributed by atoms with E-state index in [4.69, 9.17) is 15.2 Å². The zero-order valence-electron chi connectivity index (χ0n) is 14.0. The van der Waals surface area contributed by atoms with E-state index in [0.717, 1.165) is 11.1 Å². The highest BCUT2D eigenvalue weighted by Gasteiger charge is 2.14. The predicted molar refractivity (Wildman–Crippen MR) is 93.5 cm³/mol. The maximum Gasteiger partial charge on any atom is 0.312 e. The molecular formula is C18H17FN4O3. The minimum atomic E-state index is -0.614. The fourth-order valence-electron chi connectivity index (χ4n) is 2.39. The molecule has 0 aliphatic carbocycles. The monoisotopic (exact) mass is 356 g/mol. The highest BCUT2D eigenvalue weighted by Crippen LogP contribution is 2.36. The number of nitrogens with one attached hydrogen (secondary N) is 2. The molecule has 0 aliphatic rings. The van der Waals surface area contributed by atoms with E-state index in [-0.39, 0.29) is 12.4 Å². The lowest BCUT2D eigenvalue weighted by atomic mass is 10.1. The molecule has 0 unspecified atom stereocenters. The van der Waals surface area contributed by atoms with Gasteiger partial charge in [0.15, 0.2) is 17.2 Å². The summed E-state index contributed by atoms with van der Waals surface area (Å²) < 4.78 is 24.4. The largest absolute Gasteiger partial charge is 0.493 e. The van der Waals surface area contributed by atoms with E-state index in [1.165, 1.54) is 25.4 Å². The zero-order valence-corrected chi connectivity index (χ0v) is 14.0. The molecule has 8 heteroatoms. The molecule has 7 nitrogen and oxygen atoms in total. The Morgan fingerprint density at radius 3 is 2.65 bits per heavy atom. The molecule has 0 fully saturated rings. The van der Waals surface area contributed by atoms with E-state index in [0.29, 0.717) is 22.9 Å². The number of benzene rings is 2. The van der Waals surface area contributed by atoms with Gasteiger partial charge in [-0.05, 0) is 42.0 Å². The predicted octanol–water partition coefficient (Wildman–Crippen LogP) is 3.19. The Bertz CT molecular complexity index is 909. The minimum absolute atomic E-state index is 0.256. The first kappa shape index (κ1) is 17.3. The lowest BCUT2D eigenvalue weighted by molar-refractivity contribution is 0.248. The number of urea groups is 1. The third kappa shape index (κ3) is 3.92. The van der Waals surface area contributed by atoms with Crippen LogP contribution in [0.2, 0.25) is 0 Å². The van der Waals surface area contributed by atoms with Crippen LogP contribution in [0.4, 0.5) is 9.18 Å². The van der Waals surface area contributed by atoms with Crippen molar-refractivity contribution in [2.75, 3.05) is 7.11 Å². The molecule has 0 atom stereocenters. The van der Waals surface area contributed by atoms with Crippen molar-refractivity contribution in [1.29, 1.82) is 0 Å². The summed E-state index contributed by atoms with van der Waals surface area (Å²) in [5.74, 6) is 1.09. The van der Waals surface area contributed by atoms with E-state index in [1.807, 2.05) is 0 Å². The van der Waals surface area contributed by atoms with Crippen molar-refractivity contribution in [2.45, 2.75) is 6.54 Å². The Kier molecular flexibility index (Phi) is 5.02. The van der Waals surface area contributed by atoms with Gasteiger partial charge in [0, 0.05) is 12.1 Å². The molecule has 134 valence electrons. The SMILES string of the molecule is COc1ccc(CNC(N)=O)cc1Oc1cn[nH]c1-c1ccc(F)cc1. The molecule has 3 aromatic rings. The van der Waals surface area contributed by atoms with Crippen LogP contribution >= 0.6 is 0 Å². The van der Waals surface area contributed by atoms with E-state index in [9.17, 15) is 9.18 Å². The third-order valence-corrected chi connectivity index (χ3v) is 3.65. The molecule has 4 N–H and O–H groups in total. The van der Waals surface area contributed by atoms with Gasteiger partial charge in [0.25, 0.3) is 0 Å². The Morgan fingerprint density at radius 1 is 1.19 bits per heavy atom. The first-order valence-corrected chi connectivity index (χ1v) is 7.74. The molecule has 3 rings (SSSR count). The fourth-order valence-corrected chi connectivity index (χ4v) is 2.39. The number of hydrogen-bond donors (Lipinski definition) is 3. The van der Waals surface area contributed by atoms with E-state index in [1.54, 1.807) is 30.3 Å². The smallest absolute Gasteiger partial charge is 0.312 e. The highest BCUT2D eigenvalue weighted by molar-refractivity contribution is 5.71. The van der Waals surface area contributed by atoms with Gasteiger partial charge >= 0.3 is 6.03 Å². The Balaban J connectivity index is 1.89. The summed E-state index contributed by atoms with van der Waals surface area (Å²) in [5, 5.41) is 9.35. The summed E-state index contributed by atoms with van der Waals surface area (Å²) >= 11 is 0. The number of aromatic amines is 1. The summed E-state index contributed by atoms with van der Waals surface area (Å²) in [7, 11) is 1.53. The number of amides is 2. The van der Waals surface area contributed by atoms with Crippen molar-refractivity contribution in [3.63, 3.8) is 0 Å². The van der Waals surface area contributed by atoms with Crippen LogP contribution in [-0.4, -0.2) is 23.3 Å². The number of primary amides is 1. The molecule has 1 heterocycles. The first-order chi connectivity index (χ1) is 12.6. The van der Waals surface area contributed by atoms with Gasteiger partial charge in [-0.1, -0.05) is 6.07 Å². The van der Waals surface area contributed by atoms with Crippen LogP contribution in [0.25, 0.3) is 11.3 Å². The van der Waals surface area contributed by atoms with Crippen LogP contribution in [0.15, 0.2) is 48.7 Å². The summed E-state index contributed by atoms with van der Waals surface area (Å²) in [4.78, 5) is 10.9. The van der Waals surface area contributed by atoms with Gasteiger partial charge in [-0.25, -0.2) is 9.18 Å². The summed E-state index contributed by atoms with van der Waals surface area (Å²) in [5.41, 5.74) is 7.21. The number of H-pyrrole nitrogens is 1. The first-order valence-electron chi connectivity index (χ1n) is 7.74. The molecule has 0 aliphatic heterocycles. The summed E-state index contributed by atoms with van der Waals surface area (Å²) in [6, 6.07) is 10.6. The maximum absolute atomic E-state index is 13.1. The van der Waals surface area contributed by atoms with Crippen LogP contribution in [0.5, 0.6) is 17.2 Å². The second-order valence-electron chi connectivity index (χ2n) is 5.42. The average Bonchev–Trinajstić information content (AvgIpc) is 3.09.